The Hall–Kier alpha value is -1.44. The molecule has 4 atom stereocenters. The Balaban J connectivity index is 4.60. The van der Waals surface area contributed by atoms with E-state index in [2.05, 4.69) is 10.6 Å². The quantitative estimate of drug-likeness (QED) is 0.566. The lowest BCUT2D eigenvalue weighted by atomic mass is 10.2. The molecule has 0 radical (unpaired) electrons. The lowest BCUT2D eigenvalue weighted by Crippen LogP contribution is -2.47. The first-order chi connectivity index (χ1) is 9.18. The van der Waals surface area contributed by atoms with Gasteiger partial charge in [0.05, 0.1) is 5.75 Å². The van der Waals surface area contributed by atoms with Crippen LogP contribution < -0.4 is 10.6 Å². The maximum Gasteiger partial charge on any atom is 0.327 e. The van der Waals surface area contributed by atoms with E-state index in [4.69, 9.17) is 5.11 Å². The van der Waals surface area contributed by atoms with Gasteiger partial charge < -0.3 is 15.7 Å². The first-order valence-electron chi connectivity index (χ1n) is 6.36. The summed E-state index contributed by atoms with van der Waals surface area (Å²) in [5, 5.41) is 13.0. The van der Waals surface area contributed by atoms with Crippen molar-refractivity contribution >= 4 is 28.6 Å². The van der Waals surface area contributed by atoms with E-state index in [-0.39, 0.29) is 17.7 Å². The van der Waals surface area contributed by atoms with Gasteiger partial charge in [0.1, 0.15) is 11.3 Å². The third-order valence-corrected chi connectivity index (χ3v) is 4.44. The van der Waals surface area contributed by atoms with Crippen molar-refractivity contribution in [3.63, 3.8) is 0 Å². The predicted octanol–water partition coefficient (Wildman–Crippen LogP) is -0.372. The summed E-state index contributed by atoms with van der Waals surface area (Å²) < 4.78 is 12.0. The molecule has 0 fully saturated rings. The molecule has 0 aromatic heterocycles. The molecule has 20 heavy (non-hydrogen) atoms. The number of amides is 2. The Labute approximate surface area is 121 Å². The average Bonchev–Trinajstić information content (AvgIpc) is 2.35. The van der Waals surface area contributed by atoms with E-state index in [1.54, 1.807) is 0 Å². The van der Waals surface area contributed by atoms with Crippen LogP contribution in [0.15, 0.2) is 0 Å². The van der Waals surface area contributed by atoms with Crippen LogP contribution in [0.25, 0.3) is 0 Å². The standard InChI is InChI=1S/C12H22N2O5S/c1-5-7(2)13-11(16)8(3)20(19)6-10(12(17)18)14-9(4)15/h7-8,10H,5-6H2,1-4H3,(H,13,16)(H,14,15)(H,17,18). The van der Waals surface area contributed by atoms with E-state index in [0.29, 0.717) is 0 Å². The maximum absolute atomic E-state index is 12.0. The van der Waals surface area contributed by atoms with Gasteiger partial charge in [-0.05, 0) is 20.3 Å². The fourth-order valence-electron chi connectivity index (χ4n) is 1.31. The lowest BCUT2D eigenvalue weighted by Gasteiger charge is -2.18. The van der Waals surface area contributed by atoms with E-state index in [9.17, 15) is 18.6 Å². The van der Waals surface area contributed by atoms with Crippen molar-refractivity contribution in [2.45, 2.75) is 51.4 Å². The smallest absolute Gasteiger partial charge is 0.327 e. The molecule has 0 aromatic rings. The van der Waals surface area contributed by atoms with Crippen LogP contribution in [-0.2, 0) is 25.2 Å². The van der Waals surface area contributed by atoms with Crippen molar-refractivity contribution in [3.8, 4) is 0 Å². The van der Waals surface area contributed by atoms with E-state index >= 15 is 0 Å². The largest absolute Gasteiger partial charge is 0.480 e. The van der Waals surface area contributed by atoms with Crippen LogP contribution in [0.1, 0.15) is 34.1 Å². The Bertz CT molecular complexity index is 399. The number of hydrogen-bond acceptors (Lipinski definition) is 4. The highest BCUT2D eigenvalue weighted by molar-refractivity contribution is 7.86. The molecule has 8 heteroatoms. The second-order valence-corrected chi connectivity index (χ2v) is 6.40. The fourth-order valence-corrected chi connectivity index (χ4v) is 2.46. The van der Waals surface area contributed by atoms with Gasteiger partial charge in [0.25, 0.3) is 0 Å². The number of nitrogens with one attached hydrogen (secondary N) is 2. The minimum absolute atomic E-state index is 0.0347. The van der Waals surface area contributed by atoms with Crippen LogP contribution in [0.4, 0.5) is 0 Å². The zero-order valence-electron chi connectivity index (χ0n) is 12.1. The number of aliphatic carboxylic acids is 1. The Morgan fingerprint density at radius 3 is 2.15 bits per heavy atom. The van der Waals surface area contributed by atoms with Gasteiger partial charge in [-0.25, -0.2) is 4.79 Å². The molecule has 2 amide bonds. The first-order valence-corrected chi connectivity index (χ1v) is 7.74. The van der Waals surface area contributed by atoms with Crippen LogP contribution in [0.3, 0.4) is 0 Å². The van der Waals surface area contributed by atoms with E-state index < -0.39 is 34.0 Å². The molecule has 0 heterocycles. The minimum atomic E-state index is -1.69. The van der Waals surface area contributed by atoms with Crippen LogP contribution >= 0.6 is 0 Å². The Kier molecular flexibility index (Phi) is 8.05. The van der Waals surface area contributed by atoms with Crippen LogP contribution in [0, 0.1) is 0 Å². The third kappa shape index (κ3) is 6.65. The number of carboxylic acid groups (broad SMARTS) is 1. The molecule has 0 aliphatic rings. The SMILES string of the molecule is CCC(C)NC(=O)C(C)S(=O)CC(NC(C)=O)C(=O)O. The number of carbonyl (C=O) groups excluding carboxylic acids is 2. The summed E-state index contributed by atoms with van der Waals surface area (Å²) in [5.74, 6) is -2.48. The predicted molar refractivity (Wildman–Crippen MR) is 75.6 cm³/mol. The maximum atomic E-state index is 12.0. The average molecular weight is 306 g/mol. The van der Waals surface area contributed by atoms with Gasteiger partial charge in [-0.2, -0.15) is 0 Å². The van der Waals surface area contributed by atoms with E-state index in [0.717, 1.165) is 6.42 Å². The molecule has 0 spiro atoms. The molecule has 4 unspecified atom stereocenters. The Morgan fingerprint density at radius 2 is 1.75 bits per heavy atom. The fraction of sp³-hybridized carbons (Fsp3) is 0.750. The summed E-state index contributed by atoms with van der Waals surface area (Å²) in [5.41, 5.74) is 0. The van der Waals surface area contributed by atoms with Gasteiger partial charge >= 0.3 is 5.97 Å². The second kappa shape index (κ2) is 8.68. The number of carbonyl (C=O) groups is 3. The zero-order chi connectivity index (χ0) is 15.9. The summed E-state index contributed by atoms with van der Waals surface area (Å²) in [6.45, 7) is 6.38. The molecule has 0 saturated heterocycles. The van der Waals surface area contributed by atoms with Gasteiger partial charge in [-0.3, -0.25) is 13.8 Å². The highest BCUT2D eigenvalue weighted by Crippen LogP contribution is 2.02. The summed E-state index contributed by atoms with van der Waals surface area (Å²) in [6, 6.07) is -1.29. The third-order valence-electron chi connectivity index (χ3n) is 2.77. The Morgan fingerprint density at radius 1 is 1.20 bits per heavy atom. The summed E-state index contributed by atoms with van der Waals surface area (Å²) >= 11 is 0. The molecule has 0 aliphatic heterocycles. The van der Waals surface area contributed by atoms with Gasteiger partial charge in [-0.15, -0.1) is 0 Å². The molecular weight excluding hydrogens is 284 g/mol. The minimum Gasteiger partial charge on any atom is -0.480 e. The van der Waals surface area contributed by atoms with Crippen molar-refractivity contribution in [1.82, 2.24) is 10.6 Å². The number of hydrogen-bond donors (Lipinski definition) is 3. The summed E-state index contributed by atoms with van der Waals surface area (Å²) in [7, 11) is -1.69. The van der Waals surface area contributed by atoms with Crippen LogP contribution in [0.5, 0.6) is 0 Å². The van der Waals surface area contributed by atoms with E-state index in [1.165, 1.54) is 13.8 Å². The van der Waals surface area contributed by atoms with Crippen molar-refractivity contribution < 1.29 is 23.7 Å². The van der Waals surface area contributed by atoms with Gasteiger partial charge in [0, 0.05) is 23.8 Å². The number of rotatable bonds is 8. The monoisotopic (exact) mass is 306 g/mol. The van der Waals surface area contributed by atoms with Gasteiger partial charge in [0.15, 0.2) is 0 Å². The molecule has 7 nitrogen and oxygen atoms in total. The zero-order valence-corrected chi connectivity index (χ0v) is 13.0. The first kappa shape index (κ1) is 18.6. The molecule has 0 bridgehead atoms. The van der Waals surface area contributed by atoms with Crippen molar-refractivity contribution in [2.24, 2.45) is 0 Å². The topological polar surface area (TPSA) is 113 Å². The summed E-state index contributed by atoms with van der Waals surface area (Å²) in [6.07, 6.45) is 0.745. The number of carboxylic acids is 1. The van der Waals surface area contributed by atoms with Crippen LogP contribution in [-0.4, -0.2) is 50.2 Å². The van der Waals surface area contributed by atoms with Crippen molar-refractivity contribution in [1.29, 1.82) is 0 Å². The summed E-state index contributed by atoms with van der Waals surface area (Å²) in [4.78, 5) is 33.6. The van der Waals surface area contributed by atoms with Crippen molar-refractivity contribution in [3.05, 3.63) is 0 Å². The highest BCUT2D eigenvalue weighted by Gasteiger charge is 2.27. The molecule has 0 aromatic carbocycles. The molecule has 3 N–H and O–H groups in total. The second-order valence-electron chi connectivity index (χ2n) is 4.60. The molecule has 0 aliphatic carbocycles. The van der Waals surface area contributed by atoms with Gasteiger partial charge in [0.2, 0.25) is 11.8 Å². The van der Waals surface area contributed by atoms with Crippen molar-refractivity contribution in [2.75, 3.05) is 5.75 Å². The molecular formula is C12H22N2O5S. The van der Waals surface area contributed by atoms with Gasteiger partial charge in [-0.1, -0.05) is 6.92 Å². The molecule has 116 valence electrons. The lowest BCUT2D eigenvalue weighted by molar-refractivity contribution is -0.140. The van der Waals surface area contributed by atoms with Crippen LogP contribution in [0.2, 0.25) is 0 Å². The van der Waals surface area contributed by atoms with E-state index in [1.807, 2.05) is 13.8 Å². The molecule has 0 saturated carbocycles. The molecule has 0 rings (SSSR count). The highest BCUT2D eigenvalue weighted by atomic mass is 32.2. The normalized spacial score (nSPS) is 16.6.